The zero-order valence-electron chi connectivity index (χ0n) is 16.9. The normalized spacial score (nSPS) is 12.3. The van der Waals surface area contributed by atoms with Gasteiger partial charge in [0.2, 0.25) is 0 Å². The number of methoxy groups -OCH3 is 1. The van der Waals surface area contributed by atoms with Gasteiger partial charge >= 0.3 is 5.97 Å². The molecule has 2 aromatic carbocycles. The van der Waals surface area contributed by atoms with Crippen molar-refractivity contribution in [2.24, 2.45) is 5.10 Å². The van der Waals surface area contributed by atoms with Gasteiger partial charge in [-0.25, -0.2) is 9.78 Å². The summed E-state index contributed by atoms with van der Waals surface area (Å²) in [6.45, 7) is 3.32. The summed E-state index contributed by atoms with van der Waals surface area (Å²) in [6.07, 6.45) is 0.966. The Morgan fingerprint density at radius 1 is 1.32 bits per heavy atom. The van der Waals surface area contributed by atoms with Gasteiger partial charge in [0.05, 0.1) is 28.7 Å². The number of nitrogens with zero attached hydrogens (tertiary/aromatic N) is 3. The third kappa shape index (κ3) is 4.96. The van der Waals surface area contributed by atoms with Crippen molar-refractivity contribution in [1.82, 2.24) is 9.66 Å². The van der Waals surface area contributed by atoms with E-state index in [-0.39, 0.29) is 11.3 Å². The van der Waals surface area contributed by atoms with Gasteiger partial charge in [0.25, 0.3) is 5.56 Å². The van der Waals surface area contributed by atoms with E-state index < -0.39 is 12.1 Å². The van der Waals surface area contributed by atoms with E-state index in [0.717, 1.165) is 4.47 Å². The van der Waals surface area contributed by atoms with Gasteiger partial charge in [-0.2, -0.15) is 9.78 Å². The number of carboxylic acids is 1. The number of aliphatic carboxylic acids is 1. The Morgan fingerprint density at radius 3 is 2.71 bits per heavy atom. The van der Waals surface area contributed by atoms with Crippen LogP contribution in [0, 0.1) is 0 Å². The van der Waals surface area contributed by atoms with Crippen molar-refractivity contribution >= 4 is 54.9 Å². The average Bonchev–Trinajstić information content (AvgIpc) is 2.74. The second kappa shape index (κ2) is 9.61. The van der Waals surface area contributed by atoms with Crippen molar-refractivity contribution < 1.29 is 19.4 Å². The van der Waals surface area contributed by atoms with Crippen molar-refractivity contribution in [3.8, 4) is 11.5 Å². The van der Waals surface area contributed by atoms with Gasteiger partial charge in [-0.3, -0.25) is 4.79 Å². The molecule has 0 bridgehead atoms. The molecular formula is C21H19Br2N3O5. The number of benzene rings is 2. The summed E-state index contributed by atoms with van der Waals surface area (Å²) in [5, 5.41) is 13.9. The highest BCUT2D eigenvalue weighted by molar-refractivity contribution is 9.10. The van der Waals surface area contributed by atoms with E-state index in [9.17, 15) is 9.59 Å². The molecule has 10 heteroatoms. The highest BCUT2D eigenvalue weighted by Gasteiger charge is 2.19. The minimum absolute atomic E-state index is 0.262. The summed E-state index contributed by atoms with van der Waals surface area (Å²) in [6, 6.07) is 8.66. The molecular weight excluding hydrogens is 534 g/mol. The Hall–Kier alpha value is -2.72. The lowest BCUT2D eigenvalue weighted by atomic mass is 10.2. The fourth-order valence-electron chi connectivity index (χ4n) is 2.82. The Bertz CT molecular complexity index is 1240. The minimum atomic E-state index is -1.10. The molecule has 1 aromatic heterocycles. The molecule has 1 heterocycles. The molecule has 8 nitrogen and oxygen atoms in total. The second-order valence-electron chi connectivity index (χ2n) is 6.54. The number of aromatic nitrogens is 2. The van der Waals surface area contributed by atoms with E-state index in [0.29, 0.717) is 38.9 Å². The summed E-state index contributed by atoms with van der Waals surface area (Å²) in [5.41, 5.74) is 0.943. The maximum atomic E-state index is 13.0. The molecule has 0 spiro atoms. The summed E-state index contributed by atoms with van der Waals surface area (Å²) < 4.78 is 13.4. The Labute approximate surface area is 194 Å². The molecule has 0 saturated heterocycles. The van der Waals surface area contributed by atoms with Crippen LogP contribution in [0.4, 0.5) is 0 Å². The van der Waals surface area contributed by atoms with Crippen molar-refractivity contribution in [3.63, 3.8) is 0 Å². The molecule has 0 aliphatic heterocycles. The minimum Gasteiger partial charge on any atom is -0.493 e. The molecule has 0 unspecified atom stereocenters. The predicted molar refractivity (Wildman–Crippen MR) is 124 cm³/mol. The third-order valence-corrected chi connectivity index (χ3v) is 5.49. The largest absolute Gasteiger partial charge is 0.493 e. The summed E-state index contributed by atoms with van der Waals surface area (Å²) in [7, 11) is 1.45. The summed E-state index contributed by atoms with van der Waals surface area (Å²) in [5.74, 6) is 0.0181. The first kappa shape index (κ1) is 23.0. The first-order valence-electron chi connectivity index (χ1n) is 9.27. The molecule has 0 fully saturated rings. The van der Waals surface area contributed by atoms with Crippen LogP contribution >= 0.6 is 31.9 Å². The number of hydrogen-bond donors (Lipinski definition) is 1. The highest BCUT2D eigenvalue weighted by atomic mass is 79.9. The lowest BCUT2D eigenvalue weighted by Gasteiger charge is -2.16. The number of rotatable bonds is 7. The van der Waals surface area contributed by atoms with Crippen molar-refractivity contribution in [2.75, 3.05) is 7.11 Å². The van der Waals surface area contributed by atoms with Crippen LogP contribution < -0.4 is 15.0 Å². The quantitative estimate of drug-likeness (QED) is 0.440. The SMILES string of the molecule is CCc1nc2ccc(Br)cc2c(=O)n1N=Cc1cc(Br)c(O[C@@H](C)C(=O)O)c(OC)c1. The second-order valence-corrected chi connectivity index (χ2v) is 8.31. The van der Waals surface area contributed by atoms with E-state index in [1.165, 1.54) is 24.9 Å². The van der Waals surface area contributed by atoms with Crippen LogP contribution in [-0.4, -0.2) is 40.2 Å². The van der Waals surface area contributed by atoms with Crippen molar-refractivity contribution in [1.29, 1.82) is 0 Å². The van der Waals surface area contributed by atoms with Gasteiger partial charge in [-0.05, 0) is 58.7 Å². The molecule has 0 amide bonds. The Morgan fingerprint density at radius 2 is 2.06 bits per heavy atom. The number of carboxylic acid groups (broad SMARTS) is 1. The van der Waals surface area contributed by atoms with Gasteiger partial charge in [-0.15, -0.1) is 0 Å². The summed E-state index contributed by atoms with van der Waals surface area (Å²) >= 11 is 6.76. The predicted octanol–water partition coefficient (Wildman–Crippen LogP) is 4.23. The van der Waals surface area contributed by atoms with E-state index in [2.05, 4.69) is 41.9 Å². The van der Waals surface area contributed by atoms with Gasteiger partial charge in [-0.1, -0.05) is 22.9 Å². The number of fused-ring (bicyclic) bond motifs is 1. The van der Waals surface area contributed by atoms with Gasteiger partial charge in [0, 0.05) is 10.9 Å². The van der Waals surface area contributed by atoms with E-state index in [4.69, 9.17) is 14.6 Å². The Balaban J connectivity index is 2.04. The van der Waals surface area contributed by atoms with Crippen LogP contribution in [0.1, 0.15) is 25.2 Å². The van der Waals surface area contributed by atoms with E-state index in [1.807, 2.05) is 13.0 Å². The van der Waals surface area contributed by atoms with Crippen molar-refractivity contribution in [3.05, 3.63) is 61.0 Å². The molecule has 31 heavy (non-hydrogen) atoms. The molecule has 162 valence electrons. The lowest BCUT2D eigenvalue weighted by molar-refractivity contribution is -0.144. The molecule has 1 N–H and O–H groups in total. The topological polar surface area (TPSA) is 103 Å². The lowest BCUT2D eigenvalue weighted by Crippen LogP contribution is -2.23. The maximum absolute atomic E-state index is 13.0. The monoisotopic (exact) mass is 551 g/mol. The van der Waals surface area contributed by atoms with Crippen molar-refractivity contribution in [2.45, 2.75) is 26.4 Å². The van der Waals surface area contributed by atoms with E-state index in [1.54, 1.807) is 24.3 Å². The number of ether oxygens (including phenoxy) is 2. The van der Waals surface area contributed by atoms with Crippen LogP contribution in [0.15, 0.2) is 49.2 Å². The van der Waals surface area contributed by atoms with Crippen LogP contribution in [0.5, 0.6) is 11.5 Å². The van der Waals surface area contributed by atoms with Crippen LogP contribution in [0.3, 0.4) is 0 Å². The number of halogens is 2. The third-order valence-electron chi connectivity index (χ3n) is 4.41. The molecule has 0 radical (unpaired) electrons. The van der Waals surface area contributed by atoms with Gasteiger partial charge in [0.1, 0.15) is 5.82 Å². The first-order chi connectivity index (χ1) is 14.7. The molecule has 3 aromatic rings. The average molecular weight is 553 g/mol. The molecule has 3 rings (SSSR count). The molecule has 0 saturated carbocycles. The standard InChI is InChI=1S/C21H19Br2N3O5/c1-4-18-25-16-6-5-13(22)9-14(16)20(27)26(18)24-10-12-7-15(23)19(17(8-12)30-3)31-11(2)21(28)29/h5-11H,4H2,1-3H3,(H,28,29)/t11-/m0/s1. The molecule has 1 atom stereocenters. The smallest absolute Gasteiger partial charge is 0.344 e. The summed E-state index contributed by atoms with van der Waals surface area (Å²) in [4.78, 5) is 28.6. The number of hydrogen-bond acceptors (Lipinski definition) is 6. The highest BCUT2D eigenvalue weighted by Crippen LogP contribution is 2.37. The van der Waals surface area contributed by atoms with Gasteiger partial charge < -0.3 is 14.6 Å². The van der Waals surface area contributed by atoms with Crippen LogP contribution in [0.2, 0.25) is 0 Å². The zero-order valence-corrected chi connectivity index (χ0v) is 20.1. The molecule has 0 aliphatic carbocycles. The van der Waals surface area contributed by atoms with Crippen LogP contribution in [-0.2, 0) is 11.2 Å². The maximum Gasteiger partial charge on any atom is 0.344 e. The number of carbonyl (C=O) groups is 1. The zero-order chi connectivity index (χ0) is 22.7. The number of aryl methyl sites for hydroxylation is 1. The fraction of sp³-hybridized carbons (Fsp3) is 0.238. The first-order valence-corrected chi connectivity index (χ1v) is 10.9. The van der Waals surface area contributed by atoms with Crippen LogP contribution in [0.25, 0.3) is 10.9 Å². The molecule has 0 aliphatic rings. The van der Waals surface area contributed by atoms with E-state index >= 15 is 0 Å². The Kier molecular flexibility index (Phi) is 7.11. The fourth-order valence-corrected chi connectivity index (χ4v) is 3.74. The van der Waals surface area contributed by atoms with Gasteiger partial charge in [0.15, 0.2) is 17.6 Å².